The Kier molecular flexibility index (Phi) is 17.0. The summed E-state index contributed by atoms with van der Waals surface area (Å²) in [5.41, 5.74) is 14.4. The molecule has 6 N–H and O–H groups in total. The summed E-state index contributed by atoms with van der Waals surface area (Å²) in [5.74, 6) is -3.32. The second-order valence-corrected chi connectivity index (χ2v) is 19.3. The summed E-state index contributed by atoms with van der Waals surface area (Å²) >= 11 is 0. The minimum Gasteiger partial charge on any atom is -0.388 e. The molecule has 18 heteroatoms. The van der Waals surface area contributed by atoms with Crippen LogP contribution in [0.3, 0.4) is 0 Å². The predicted octanol–water partition coefficient (Wildman–Crippen LogP) is 2.10. The van der Waals surface area contributed by atoms with Crippen LogP contribution in [0.4, 0.5) is 0 Å². The fourth-order valence-corrected chi connectivity index (χ4v) is 9.49. The van der Waals surface area contributed by atoms with Gasteiger partial charge in [0.1, 0.15) is 12.2 Å². The van der Waals surface area contributed by atoms with Gasteiger partial charge < -0.3 is 21.7 Å². The van der Waals surface area contributed by atoms with Gasteiger partial charge in [-0.15, -0.1) is 0 Å². The average molecular weight is 867 g/mol. The summed E-state index contributed by atoms with van der Waals surface area (Å²) in [6, 6.07) is 20.2. The maximum atomic E-state index is 14.8. The van der Waals surface area contributed by atoms with Crippen molar-refractivity contribution in [2.75, 3.05) is 14.1 Å². The summed E-state index contributed by atoms with van der Waals surface area (Å²) < 4.78 is 62.0. The molecule has 0 aliphatic rings. The first-order valence-electron chi connectivity index (χ1n) is 19.6. The van der Waals surface area contributed by atoms with Crippen LogP contribution in [0.2, 0.25) is 0 Å². The molecule has 0 fully saturated rings. The SMILES string of the molecule is CC(C)[C@H](N)C(=O)N([C@@H](Cc1ccccc1)[C@@H](O)[C@H](O)[C@H](Cc1ccccc1)N(C(=O)[C@@H](N)C(C)C)S(=O)(=O)N(C)Cc1ccccn1)S(=O)(=O)N(C)Cc1ccccn1. The van der Waals surface area contributed by atoms with Gasteiger partial charge in [0.05, 0.1) is 48.6 Å². The Morgan fingerprint density at radius 2 is 0.883 bits per heavy atom. The molecule has 0 radical (unpaired) electrons. The zero-order valence-corrected chi connectivity index (χ0v) is 36.5. The maximum Gasteiger partial charge on any atom is 0.306 e. The Balaban J connectivity index is 1.96. The van der Waals surface area contributed by atoms with Gasteiger partial charge in [-0.3, -0.25) is 19.6 Å². The molecule has 16 nitrogen and oxygen atoms in total. The molecule has 0 spiro atoms. The third-order valence-electron chi connectivity index (χ3n) is 10.3. The lowest BCUT2D eigenvalue weighted by molar-refractivity contribution is -0.139. The highest BCUT2D eigenvalue weighted by Gasteiger charge is 2.50. The van der Waals surface area contributed by atoms with E-state index in [1.165, 1.54) is 26.5 Å². The zero-order valence-electron chi connectivity index (χ0n) is 34.8. The molecule has 2 aromatic carbocycles. The molecule has 0 saturated heterocycles. The molecular formula is C42H58N8O8S2. The molecule has 326 valence electrons. The van der Waals surface area contributed by atoms with E-state index in [9.17, 15) is 36.6 Å². The van der Waals surface area contributed by atoms with Crippen molar-refractivity contribution in [1.82, 2.24) is 27.2 Å². The number of nitrogens with two attached hydrogens (primary N) is 2. The number of hydrogen-bond acceptors (Lipinski definition) is 12. The standard InChI is InChI=1S/C42H58N8O8S2/c1-29(2)37(43)41(53)49(59(55,56)47(5)27-33-21-13-15-23-45-33)35(25-31-17-9-7-10-18-31)39(51)40(52)36(26-32-19-11-8-12-20-32)50(42(54)38(44)30(3)4)60(57,58)48(6)28-34-22-14-16-24-46-34/h7-24,29-30,35-40,51-52H,25-28,43-44H2,1-6H3/t35-,36-,37-,38-,39+,40+/m0/s1. The number of aliphatic hydroxyl groups is 2. The molecule has 2 aromatic heterocycles. The maximum absolute atomic E-state index is 14.8. The lowest BCUT2D eigenvalue weighted by atomic mass is 9.90. The van der Waals surface area contributed by atoms with E-state index >= 15 is 0 Å². The lowest BCUT2D eigenvalue weighted by Gasteiger charge is -2.43. The summed E-state index contributed by atoms with van der Waals surface area (Å²) in [4.78, 5) is 37.5. The van der Waals surface area contributed by atoms with Gasteiger partial charge in [-0.2, -0.15) is 25.4 Å². The monoisotopic (exact) mass is 866 g/mol. The number of amides is 2. The van der Waals surface area contributed by atoms with E-state index in [2.05, 4.69) is 9.97 Å². The van der Waals surface area contributed by atoms with Crippen molar-refractivity contribution in [1.29, 1.82) is 0 Å². The predicted molar refractivity (Wildman–Crippen MR) is 228 cm³/mol. The van der Waals surface area contributed by atoms with Gasteiger partial charge in [0.2, 0.25) is 0 Å². The van der Waals surface area contributed by atoms with Crippen molar-refractivity contribution in [2.24, 2.45) is 23.3 Å². The average Bonchev–Trinajstić information content (AvgIpc) is 3.23. The number of aliphatic hydroxyl groups excluding tert-OH is 2. The molecule has 6 atom stereocenters. The van der Waals surface area contributed by atoms with E-state index in [-0.39, 0.29) is 25.9 Å². The Hall–Kier alpha value is -4.66. The topological polar surface area (TPSA) is 234 Å². The smallest absolute Gasteiger partial charge is 0.306 e. The van der Waals surface area contributed by atoms with Gasteiger partial charge in [-0.05, 0) is 60.1 Å². The van der Waals surface area contributed by atoms with Gasteiger partial charge >= 0.3 is 20.4 Å². The summed E-state index contributed by atoms with van der Waals surface area (Å²) in [5, 5.41) is 25.2. The van der Waals surface area contributed by atoms with E-state index in [1.807, 2.05) is 0 Å². The first-order valence-corrected chi connectivity index (χ1v) is 22.4. The number of rotatable bonds is 21. The Morgan fingerprint density at radius 3 is 1.17 bits per heavy atom. The van der Waals surface area contributed by atoms with E-state index in [0.29, 0.717) is 31.1 Å². The molecule has 2 amide bonds. The molecule has 4 aromatic rings. The normalized spacial score (nSPS) is 15.4. The van der Waals surface area contributed by atoms with Crippen LogP contribution < -0.4 is 11.5 Å². The molecular weight excluding hydrogens is 809 g/mol. The number of carbonyl (C=O) groups excluding carboxylic acids is 2. The Bertz CT molecular complexity index is 2030. The highest BCUT2D eigenvalue weighted by Crippen LogP contribution is 2.29. The van der Waals surface area contributed by atoms with Gasteiger partial charge in [-0.1, -0.05) is 100 Å². The molecule has 0 aliphatic carbocycles. The first-order chi connectivity index (χ1) is 28.3. The van der Waals surface area contributed by atoms with Crippen molar-refractivity contribution < 1.29 is 36.6 Å². The third-order valence-corrected chi connectivity index (χ3v) is 14.0. The fraction of sp³-hybridized carbons (Fsp3) is 0.429. The molecule has 2 heterocycles. The number of pyridine rings is 2. The molecule has 0 saturated carbocycles. The van der Waals surface area contributed by atoms with Crippen molar-refractivity contribution in [2.45, 2.75) is 90.0 Å². The summed E-state index contributed by atoms with van der Waals surface area (Å²) in [6.45, 7) is 5.96. The van der Waals surface area contributed by atoms with E-state index in [1.54, 1.807) is 125 Å². The number of hydrogen-bond donors (Lipinski definition) is 4. The van der Waals surface area contributed by atoms with E-state index < -0.39 is 80.4 Å². The minimum atomic E-state index is -4.91. The quantitative estimate of drug-likeness (QED) is 0.0944. The number of carbonyl (C=O) groups is 2. The molecule has 0 unspecified atom stereocenters. The first kappa shape index (κ1) is 48.0. The highest BCUT2D eigenvalue weighted by molar-refractivity contribution is 7.87. The summed E-state index contributed by atoms with van der Waals surface area (Å²) in [6.07, 6.45) is -2.20. The zero-order chi connectivity index (χ0) is 44.4. The van der Waals surface area contributed by atoms with Gasteiger partial charge in [0.25, 0.3) is 11.8 Å². The number of benzene rings is 2. The van der Waals surface area contributed by atoms with Gasteiger partial charge in [0.15, 0.2) is 0 Å². The number of nitrogens with zero attached hydrogens (tertiary/aromatic N) is 6. The second kappa shape index (κ2) is 21.2. The van der Waals surface area contributed by atoms with Crippen LogP contribution in [0.15, 0.2) is 109 Å². The van der Waals surface area contributed by atoms with Crippen LogP contribution in [-0.2, 0) is 55.9 Å². The molecule has 4 rings (SSSR count). The van der Waals surface area contributed by atoms with Crippen LogP contribution >= 0.6 is 0 Å². The van der Waals surface area contributed by atoms with Crippen LogP contribution in [0.1, 0.15) is 50.2 Å². The van der Waals surface area contributed by atoms with Crippen LogP contribution in [0.25, 0.3) is 0 Å². The number of aromatic nitrogens is 2. The molecule has 0 bridgehead atoms. The lowest BCUT2D eigenvalue weighted by Crippen LogP contribution is -2.65. The fourth-order valence-electron chi connectivity index (χ4n) is 6.51. The van der Waals surface area contributed by atoms with Crippen molar-refractivity contribution >= 4 is 32.2 Å². The van der Waals surface area contributed by atoms with Crippen molar-refractivity contribution in [3.05, 3.63) is 132 Å². The Labute approximate surface area is 354 Å². The van der Waals surface area contributed by atoms with Crippen LogP contribution in [0, 0.1) is 11.8 Å². The van der Waals surface area contributed by atoms with Crippen LogP contribution in [0.5, 0.6) is 0 Å². The Morgan fingerprint density at radius 1 is 0.567 bits per heavy atom. The molecule has 0 aliphatic heterocycles. The van der Waals surface area contributed by atoms with Crippen molar-refractivity contribution in [3.63, 3.8) is 0 Å². The second-order valence-electron chi connectivity index (χ2n) is 15.5. The van der Waals surface area contributed by atoms with E-state index in [4.69, 9.17) is 11.5 Å². The van der Waals surface area contributed by atoms with Gasteiger partial charge in [0, 0.05) is 26.5 Å². The largest absolute Gasteiger partial charge is 0.388 e. The van der Waals surface area contributed by atoms with Gasteiger partial charge in [-0.25, -0.2) is 8.61 Å². The van der Waals surface area contributed by atoms with E-state index in [0.717, 1.165) is 8.61 Å². The summed E-state index contributed by atoms with van der Waals surface area (Å²) in [7, 11) is -7.33. The highest BCUT2D eigenvalue weighted by atomic mass is 32.2. The minimum absolute atomic E-state index is 0.284. The third kappa shape index (κ3) is 11.8. The van der Waals surface area contributed by atoms with Crippen molar-refractivity contribution in [3.8, 4) is 0 Å². The van der Waals surface area contributed by atoms with Crippen LogP contribution in [-0.4, -0.2) is 117 Å². The molecule has 60 heavy (non-hydrogen) atoms.